The van der Waals surface area contributed by atoms with Gasteiger partial charge in [-0.1, -0.05) is 12.1 Å². The maximum atomic E-state index is 11.6. The van der Waals surface area contributed by atoms with Crippen LogP contribution in [-0.2, 0) is 0 Å². The van der Waals surface area contributed by atoms with Gasteiger partial charge >= 0.3 is 25.0 Å². The third kappa shape index (κ3) is 3.84. The first-order valence-corrected chi connectivity index (χ1v) is 5.06. The van der Waals surface area contributed by atoms with Crippen LogP contribution in [0.3, 0.4) is 0 Å². The molecule has 0 unspecified atom stereocenters. The van der Waals surface area contributed by atoms with Gasteiger partial charge in [0.25, 0.3) is 0 Å². The molecule has 1 aromatic rings. The molecule has 0 aliphatic heterocycles. The van der Waals surface area contributed by atoms with Gasteiger partial charge in [-0.25, -0.2) is 4.79 Å². The third-order valence-electron chi connectivity index (χ3n) is 2.19. The fourth-order valence-electron chi connectivity index (χ4n) is 1.24. The first-order valence-electron chi connectivity index (χ1n) is 5.06. The number of para-hydroxylation sites is 1. The molecule has 0 fully saturated rings. The van der Waals surface area contributed by atoms with E-state index in [9.17, 15) is 4.79 Å². The maximum absolute atomic E-state index is 11.6. The van der Waals surface area contributed by atoms with Gasteiger partial charge in [0.05, 0.1) is 0 Å². The molecular weight excluding hydrogens is 197 g/mol. The van der Waals surface area contributed by atoms with Crippen molar-refractivity contribution < 1.29 is 28.4 Å². The number of carbonyl (C=O) groups is 1. The zero-order chi connectivity index (χ0) is 11.3. The first kappa shape index (κ1) is 15.0. The summed E-state index contributed by atoms with van der Waals surface area (Å²) in [6.07, 6.45) is -0.323. The number of hydrogen-bond acceptors (Lipinski definition) is 2. The Labute approximate surface area is 109 Å². The number of rotatable bonds is 3. The molecule has 1 rings (SSSR count). The molecule has 0 bridgehead atoms. The zero-order valence-corrected chi connectivity index (χ0v) is 10.2. The summed E-state index contributed by atoms with van der Waals surface area (Å²) in [7, 11) is 0. The summed E-state index contributed by atoms with van der Waals surface area (Å²) in [6, 6.07) is 7.23. The van der Waals surface area contributed by atoms with E-state index in [1.807, 2.05) is 32.0 Å². The van der Waals surface area contributed by atoms with E-state index in [1.165, 1.54) is 0 Å². The van der Waals surface area contributed by atoms with Crippen LogP contribution in [0.4, 0.5) is 4.79 Å². The van der Waals surface area contributed by atoms with E-state index in [1.54, 1.807) is 11.0 Å². The van der Waals surface area contributed by atoms with Gasteiger partial charge in [0.15, 0.2) is 0 Å². The molecule has 0 N–H and O–H groups in total. The van der Waals surface area contributed by atoms with Crippen LogP contribution in [0.25, 0.3) is 0 Å². The number of amides is 1. The van der Waals surface area contributed by atoms with Crippen molar-refractivity contribution in [2.45, 2.75) is 13.8 Å². The summed E-state index contributed by atoms with van der Waals surface area (Å²) in [5.74, 6) is 0.523. The molecule has 1 amide bonds. The van der Waals surface area contributed by atoms with Crippen LogP contribution in [0.1, 0.15) is 19.4 Å². The van der Waals surface area contributed by atoms with Gasteiger partial charge in [-0.15, -0.1) is 6.07 Å². The van der Waals surface area contributed by atoms with E-state index in [2.05, 4.69) is 6.92 Å². The largest absolute Gasteiger partial charge is 1.00 e. The molecule has 0 heterocycles. The van der Waals surface area contributed by atoms with Crippen LogP contribution >= 0.6 is 0 Å². The quantitative estimate of drug-likeness (QED) is 0.510. The normalized spacial score (nSPS) is 9.12. The molecule has 0 atom stereocenters. The average Bonchev–Trinajstić information content (AvgIpc) is 2.23. The molecule has 4 heteroatoms. The average molecular weight is 213 g/mol. The molecule has 0 radical (unpaired) electrons. The Kier molecular flexibility index (Phi) is 6.79. The number of hydrogen-bond donors (Lipinski definition) is 0. The van der Waals surface area contributed by atoms with Crippen LogP contribution in [-0.4, -0.2) is 24.1 Å². The molecule has 0 saturated heterocycles. The van der Waals surface area contributed by atoms with Crippen LogP contribution in [0.15, 0.2) is 24.3 Å². The second-order valence-electron chi connectivity index (χ2n) is 3.15. The van der Waals surface area contributed by atoms with Gasteiger partial charge in [0.1, 0.15) is 0 Å². The fraction of sp³-hybridized carbons (Fsp3) is 0.333. The third-order valence-corrected chi connectivity index (χ3v) is 2.19. The minimum atomic E-state index is -0.323. The topological polar surface area (TPSA) is 29.5 Å². The first-order chi connectivity index (χ1) is 7.19. The number of benzene rings is 1. The van der Waals surface area contributed by atoms with Gasteiger partial charge in [-0.2, -0.15) is 18.6 Å². The fourth-order valence-corrected chi connectivity index (χ4v) is 1.24. The summed E-state index contributed by atoms with van der Waals surface area (Å²) < 4.78 is 5.21. The molecule has 0 spiro atoms. The smallest absolute Gasteiger partial charge is 0.474 e. The van der Waals surface area contributed by atoms with Crippen LogP contribution < -0.4 is 23.6 Å². The SMILES string of the molecule is [CH2-]c1ccccc1OC(=O)N(CC)CC.[Li+]. The molecule has 0 saturated carbocycles. The van der Waals surface area contributed by atoms with Crippen molar-refractivity contribution in [3.8, 4) is 5.75 Å². The molecule has 82 valence electrons. The zero-order valence-electron chi connectivity index (χ0n) is 10.2. The Morgan fingerprint density at radius 3 is 2.38 bits per heavy atom. The maximum Gasteiger partial charge on any atom is 1.00 e. The molecule has 16 heavy (non-hydrogen) atoms. The Hall–Kier alpha value is -1.04. The van der Waals surface area contributed by atoms with Crippen molar-refractivity contribution in [1.82, 2.24) is 4.90 Å². The predicted octanol–water partition coefficient (Wildman–Crippen LogP) is -0.287. The van der Waals surface area contributed by atoms with E-state index in [0.717, 1.165) is 5.56 Å². The van der Waals surface area contributed by atoms with Crippen molar-refractivity contribution in [2.75, 3.05) is 13.1 Å². The summed E-state index contributed by atoms with van der Waals surface area (Å²) >= 11 is 0. The van der Waals surface area contributed by atoms with E-state index >= 15 is 0 Å². The Morgan fingerprint density at radius 2 is 1.88 bits per heavy atom. The molecule has 0 aromatic heterocycles. The minimum Gasteiger partial charge on any atom is -0.474 e. The van der Waals surface area contributed by atoms with Crippen LogP contribution in [0.2, 0.25) is 0 Å². The monoisotopic (exact) mass is 213 g/mol. The van der Waals surface area contributed by atoms with Gasteiger partial charge in [0, 0.05) is 18.8 Å². The van der Waals surface area contributed by atoms with E-state index in [0.29, 0.717) is 18.8 Å². The molecule has 0 aliphatic rings. The van der Waals surface area contributed by atoms with E-state index in [4.69, 9.17) is 4.74 Å². The van der Waals surface area contributed by atoms with Gasteiger partial charge in [0.2, 0.25) is 0 Å². The van der Waals surface area contributed by atoms with E-state index < -0.39 is 0 Å². The van der Waals surface area contributed by atoms with Crippen molar-refractivity contribution in [3.05, 3.63) is 36.8 Å². The van der Waals surface area contributed by atoms with Gasteiger partial charge < -0.3 is 9.64 Å². The van der Waals surface area contributed by atoms with E-state index in [-0.39, 0.29) is 25.0 Å². The Morgan fingerprint density at radius 1 is 1.31 bits per heavy atom. The second kappa shape index (κ2) is 7.27. The predicted molar refractivity (Wildman–Crippen MR) is 59.8 cm³/mol. The minimum absolute atomic E-state index is 0. The van der Waals surface area contributed by atoms with Gasteiger partial charge in [-0.05, 0) is 13.8 Å². The summed E-state index contributed by atoms with van der Waals surface area (Å²) in [5, 5.41) is 0. The summed E-state index contributed by atoms with van der Waals surface area (Å²) in [6.45, 7) is 8.92. The summed E-state index contributed by atoms with van der Waals surface area (Å²) in [4.78, 5) is 13.2. The van der Waals surface area contributed by atoms with Crippen molar-refractivity contribution in [2.24, 2.45) is 0 Å². The second-order valence-corrected chi connectivity index (χ2v) is 3.15. The van der Waals surface area contributed by atoms with Crippen LogP contribution in [0.5, 0.6) is 5.75 Å². The number of ether oxygens (including phenoxy) is 1. The molecule has 3 nitrogen and oxygen atoms in total. The van der Waals surface area contributed by atoms with Crippen LogP contribution in [0, 0.1) is 6.92 Å². The van der Waals surface area contributed by atoms with Crippen molar-refractivity contribution in [1.29, 1.82) is 0 Å². The summed E-state index contributed by atoms with van der Waals surface area (Å²) in [5.41, 5.74) is 0.720. The Bertz CT molecular complexity index is 338. The molecule has 0 aliphatic carbocycles. The van der Waals surface area contributed by atoms with Gasteiger partial charge in [-0.3, -0.25) is 0 Å². The van der Waals surface area contributed by atoms with Crippen molar-refractivity contribution in [3.63, 3.8) is 0 Å². The number of carbonyl (C=O) groups excluding carboxylic acids is 1. The Balaban J connectivity index is 0.00000225. The standard InChI is InChI=1S/C12H16NO2.Li/c1-4-13(5-2)12(14)15-11-9-7-6-8-10(11)3;/h6-9H,3-5H2,1-2H3;/q-1;+1. The molecule has 1 aromatic carbocycles. The number of nitrogens with zero attached hydrogens (tertiary/aromatic N) is 1. The van der Waals surface area contributed by atoms with Crippen molar-refractivity contribution >= 4 is 6.09 Å². The molecular formula is C12H16LiNO2.